The Morgan fingerprint density at radius 2 is 2.25 bits per heavy atom. The van der Waals surface area contributed by atoms with Gasteiger partial charge in [0.25, 0.3) is 0 Å². The summed E-state index contributed by atoms with van der Waals surface area (Å²) in [6.45, 7) is 3.57. The van der Waals surface area contributed by atoms with Gasteiger partial charge in [-0.2, -0.15) is 0 Å². The minimum atomic E-state index is -0.501. The molecule has 4 rings (SSSR count). The molecule has 2 aromatic heterocycles. The summed E-state index contributed by atoms with van der Waals surface area (Å²) in [7, 11) is 0. The summed E-state index contributed by atoms with van der Waals surface area (Å²) in [6, 6.07) is 6.36. The number of piperidine rings is 1. The number of thiophene rings is 1. The molecule has 0 saturated carbocycles. The van der Waals surface area contributed by atoms with Crippen molar-refractivity contribution in [1.82, 2.24) is 9.97 Å². The third-order valence-electron chi connectivity index (χ3n) is 4.99. The molecule has 1 aromatic carbocycles. The molecule has 0 unspecified atom stereocenters. The Morgan fingerprint density at radius 1 is 1.39 bits per heavy atom. The molecule has 1 aliphatic rings. The predicted molar refractivity (Wildman–Crippen MR) is 112 cm³/mol. The van der Waals surface area contributed by atoms with Crippen LogP contribution in [-0.4, -0.2) is 29.0 Å². The van der Waals surface area contributed by atoms with Crippen LogP contribution in [0, 0.1) is 11.7 Å². The molecule has 0 aliphatic carbocycles. The van der Waals surface area contributed by atoms with Crippen molar-refractivity contribution in [2.75, 3.05) is 23.3 Å². The Bertz CT molecular complexity index is 1020. The second kappa shape index (κ2) is 8.01. The number of anilines is 2. The van der Waals surface area contributed by atoms with Gasteiger partial charge in [-0.15, -0.1) is 11.3 Å². The molecular weight excluding hydrogens is 399 g/mol. The topological polar surface area (TPSA) is 58.1 Å². The normalized spacial score (nSPS) is 17.1. The van der Waals surface area contributed by atoms with Crippen LogP contribution in [0.2, 0.25) is 5.02 Å². The first kappa shape index (κ1) is 19.1. The molecule has 1 atom stereocenters. The highest BCUT2D eigenvalue weighted by Crippen LogP contribution is 2.33. The molecule has 8 heteroatoms. The number of hydrogen-bond acceptors (Lipinski definition) is 5. The summed E-state index contributed by atoms with van der Waals surface area (Å²) in [4.78, 5) is 26.1. The summed E-state index contributed by atoms with van der Waals surface area (Å²) in [5, 5.41) is 3.90. The van der Waals surface area contributed by atoms with Crippen LogP contribution in [0.15, 0.2) is 30.6 Å². The molecule has 1 fully saturated rings. The minimum absolute atomic E-state index is 0.00404. The zero-order chi connectivity index (χ0) is 19.7. The number of benzene rings is 1. The van der Waals surface area contributed by atoms with Gasteiger partial charge in [-0.3, -0.25) is 4.79 Å². The van der Waals surface area contributed by atoms with E-state index in [4.69, 9.17) is 11.6 Å². The molecule has 1 amide bonds. The smallest absolute Gasteiger partial charge is 0.229 e. The number of halogens is 2. The lowest BCUT2D eigenvalue weighted by molar-refractivity contribution is -0.120. The first-order valence-corrected chi connectivity index (χ1v) is 10.5. The average Bonchev–Trinajstić information content (AvgIpc) is 3.14. The molecule has 0 bridgehead atoms. The molecule has 0 spiro atoms. The molecule has 5 nitrogen and oxygen atoms in total. The number of aromatic nitrogens is 2. The van der Waals surface area contributed by atoms with E-state index in [2.05, 4.69) is 33.2 Å². The summed E-state index contributed by atoms with van der Waals surface area (Å²) in [6.07, 6.45) is 4.26. The minimum Gasteiger partial charge on any atom is -0.355 e. The number of nitrogens with zero attached hydrogens (tertiary/aromatic N) is 3. The molecule has 146 valence electrons. The van der Waals surface area contributed by atoms with Gasteiger partial charge >= 0.3 is 0 Å². The number of aryl methyl sites for hydroxylation is 1. The van der Waals surface area contributed by atoms with Crippen molar-refractivity contribution in [3.05, 3.63) is 46.3 Å². The van der Waals surface area contributed by atoms with E-state index in [-0.39, 0.29) is 16.8 Å². The first-order valence-electron chi connectivity index (χ1n) is 9.29. The SMILES string of the molecule is CCc1cc2c(N3CCC[C@H](C(=O)Nc4ccc(F)c(Cl)c4)C3)ncnc2s1. The van der Waals surface area contributed by atoms with Crippen molar-refractivity contribution in [2.45, 2.75) is 26.2 Å². The highest BCUT2D eigenvalue weighted by molar-refractivity contribution is 7.18. The molecule has 0 radical (unpaired) electrons. The van der Waals surface area contributed by atoms with Crippen LogP contribution in [0.4, 0.5) is 15.9 Å². The lowest BCUT2D eigenvalue weighted by Crippen LogP contribution is -2.41. The van der Waals surface area contributed by atoms with Gasteiger partial charge < -0.3 is 10.2 Å². The zero-order valence-corrected chi connectivity index (χ0v) is 17.0. The fourth-order valence-electron chi connectivity index (χ4n) is 3.52. The summed E-state index contributed by atoms with van der Waals surface area (Å²) >= 11 is 7.49. The summed E-state index contributed by atoms with van der Waals surface area (Å²) in [5.74, 6) is 0.130. The van der Waals surface area contributed by atoms with E-state index < -0.39 is 5.82 Å². The number of carbonyl (C=O) groups is 1. The largest absolute Gasteiger partial charge is 0.355 e. The van der Waals surface area contributed by atoms with E-state index >= 15 is 0 Å². The van der Waals surface area contributed by atoms with Crippen LogP contribution in [0.5, 0.6) is 0 Å². The van der Waals surface area contributed by atoms with Gasteiger partial charge in [0.2, 0.25) is 5.91 Å². The molecular formula is C20H20ClFN4OS. The number of amides is 1. The van der Waals surface area contributed by atoms with Gasteiger partial charge in [0.05, 0.1) is 16.3 Å². The quantitative estimate of drug-likeness (QED) is 0.654. The molecule has 1 N–H and O–H groups in total. The maximum atomic E-state index is 13.3. The number of rotatable bonds is 4. The van der Waals surface area contributed by atoms with Crippen molar-refractivity contribution in [2.24, 2.45) is 5.92 Å². The van der Waals surface area contributed by atoms with Crippen LogP contribution in [-0.2, 0) is 11.2 Å². The summed E-state index contributed by atoms with van der Waals surface area (Å²) in [5.41, 5.74) is 0.503. The third kappa shape index (κ3) is 3.82. The van der Waals surface area contributed by atoms with E-state index in [1.54, 1.807) is 17.7 Å². The van der Waals surface area contributed by atoms with Crippen molar-refractivity contribution in [3.63, 3.8) is 0 Å². The Kier molecular flexibility index (Phi) is 5.46. The van der Waals surface area contributed by atoms with Crippen LogP contribution in [0.3, 0.4) is 0 Å². The molecule has 1 saturated heterocycles. The van der Waals surface area contributed by atoms with Gasteiger partial charge in [-0.05, 0) is 43.5 Å². The fourth-order valence-corrected chi connectivity index (χ4v) is 4.63. The predicted octanol–water partition coefficient (Wildman–Crippen LogP) is 4.90. The van der Waals surface area contributed by atoms with Gasteiger partial charge in [0, 0.05) is 23.7 Å². The Hall–Kier alpha value is -2.25. The number of nitrogens with one attached hydrogen (secondary N) is 1. The maximum Gasteiger partial charge on any atom is 0.229 e. The highest BCUT2D eigenvalue weighted by atomic mass is 35.5. The lowest BCUT2D eigenvalue weighted by atomic mass is 9.97. The third-order valence-corrected chi connectivity index (χ3v) is 6.46. The van der Waals surface area contributed by atoms with E-state index in [1.807, 2.05) is 0 Å². The molecule has 3 heterocycles. The first-order chi connectivity index (χ1) is 13.5. The van der Waals surface area contributed by atoms with Crippen LogP contribution >= 0.6 is 22.9 Å². The maximum absolute atomic E-state index is 13.3. The zero-order valence-electron chi connectivity index (χ0n) is 15.4. The van der Waals surface area contributed by atoms with Crippen molar-refractivity contribution < 1.29 is 9.18 Å². The van der Waals surface area contributed by atoms with E-state index in [0.29, 0.717) is 12.2 Å². The van der Waals surface area contributed by atoms with E-state index in [9.17, 15) is 9.18 Å². The number of carbonyl (C=O) groups excluding carboxylic acids is 1. The second-order valence-corrected chi connectivity index (χ2v) is 8.41. The average molecular weight is 419 g/mol. The Morgan fingerprint density at radius 3 is 3.04 bits per heavy atom. The molecule has 3 aromatic rings. The highest BCUT2D eigenvalue weighted by Gasteiger charge is 2.28. The molecule has 1 aliphatic heterocycles. The number of hydrogen-bond donors (Lipinski definition) is 1. The molecule has 28 heavy (non-hydrogen) atoms. The van der Waals surface area contributed by atoms with Gasteiger partial charge in [0.1, 0.15) is 22.8 Å². The van der Waals surface area contributed by atoms with Gasteiger partial charge in [-0.25, -0.2) is 14.4 Å². The van der Waals surface area contributed by atoms with Gasteiger partial charge in [0.15, 0.2) is 0 Å². The number of fused-ring (bicyclic) bond motifs is 1. The van der Waals surface area contributed by atoms with Gasteiger partial charge in [-0.1, -0.05) is 18.5 Å². The monoisotopic (exact) mass is 418 g/mol. The van der Waals surface area contributed by atoms with Crippen molar-refractivity contribution in [1.29, 1.82) is 0 Å². The van der Waals surface area contributed by atoms with E-state index in [0.717, 1.165) is 41.8 Å². The lowest BCUT2D eigenvalue weighted by Gasteiger charge is -2.33. The van der Waals surface area contributed by atoms with Crippen LogP contribution < -0.4 is 10.2 Å². The Labute approximate surface area is 171 Å². The van der Waals surface area contributed by atoms with E-state index in [1.165, 1.54) is 23.1 Å². The van der Waals surface area contributed by atoms with Crippen LogP contribution in [0.25, 0.3) is 10.2 Å². The fraction of sp³-hybridized carbons (Fsp3) is 0.350. The van der Waals surface area contributed by atoms with Crippen LogP contribution in [0.1, 0.15) is 24.6 Å². The standard InChI is InChI=1S/C20H20ClFN4OS/c1-2-14-9-15-18(23-11-24-20(15)28-14)26-7-3-4-12(10-26)19(27)25-13-5-6-17(22)16(21)8-13/h5-6,8-9,11-12H,2-4,7,10H2,1H3,(H,25,27)/t12-/m0/s1. The van der Waals surface area contributed by atoms with Crippen molar-refractivity contribution >= 4 is 50.6 Å². The van der Waals surface area contributed by atoms with Crippen molar-refractivity contribution in [3.8, 4) is 0 Å². The Balaban J connectivity index is 1.52. The summed E-state index contributed by atoms with van der Waals surface area (Å²) < 4.78 is 13.3. The second-order valence-electron chi connectivity index (χ2n) is 6.89.